The molecule has 1 heterocycles. The molecule has 0 aliphatic carbocycles. The molecule has 1 aliphatic heterocycles. The van der Waals surface area contributed by atoms with Gasteiger partial charge < -0.3 is 29.0 Å². The summed E-state index contributed by atoms with van der Waals surface area (Å²) in [6, 6.07) is 20.4. The molecule has 1 N–H and O–H groups in total. The molecule has 4 rings (SSSR count). The first-order valence-corrected chi connectivity index (χ1v) is 12.3. The molecule has 38 heavy (non-hydrogen) atoms. The number of benzene rings is 3. The van der Waals surface area contributed by atoms with Crippen molar-refractivity contribution >= 4 is 17.4 Å². The minimum absolute atomic E-state index is 0.0473. The second kappa shape index (κ2) is 11.8. The normalized spacial score (nSPS) is 16.7. The summed E-state index contributed by atoms with van der Waals surface area (Å²) in [5.74, 6) is 0.0864. The molecule has 1 aliphatic rings. The van der Waals surface area contributed by atoms with Crippen molar-refractivity contribution in [2.24, 2.45) is 0 Å². The summed E-state index contributed by atoms with van der Waals surface area (Å²) in [5.41, 5.74) is 0.790. The van der Waals surface area contributed by atoms with Gasteiger partial charge in [-0.1, -0.05) is 30.3 Å². The van der Waals surface area contributed by atoms with E-state index in [1.807, 2.05) is 44.2 Å². The lowest BCUT2D eigenvalue weighted by molar-refractivity contribution is -0.140. The van der Waals surface area contributed by atoms with Crippen LogP contribution in [0.3, 0.4) is 0 Å². The Morgan fingerprint density at radius 2 is 1.63 bits per heavy atom. The average molecular weight is 518 g/mol. The lowest BCUT2D eigenvalue weighted by Crippen LogP contribution is -2.33. The Labute approximate surface area is 222 Å². The maximum absolute atomic E-state index is 13.4. The quantitative estimate of drug-likeness (QED) is 0.220. The second-order valence-electron chi connectivity index (χ2n) is 8.97. The van der Waals surface area contributed by atoms with Gasteiger partial charge in [0.15, 0.2) is 0 Å². The number of hydrogen-bond acceptors (Lipinski definition) is 7. The Hall–Kier alpha value is -4.30. The smallest absolute Gasteiger partial charge is 0.295 e. The molecular weight excluding hydrogens is 486 g/mol. The third kappa shape index (κ3) is 5.65. The second-order valence-corrected chi connectivity index (χ2v) is 8.97. The first-order valence-electron chi connectivity index (χ1n) is 12.3. The molecule has 3 aromatic rings. The molecule has 0 saturated carbocycles. The highest BCUT2D eigenvalue weighted by Crippen LogP contribution is 2.42. The number of amides is 1. The van der Waals surface area contributed by atoms with Crippen molar-refractivity contribution in [1.82, 2.24) is 4.90 Å². The number of ketones is 1. The van der Waals surface area contributed by atoms with Gasteiger partial charge in [-0.25, -0.2) is 0 Å². The Balaban J connectivity index is 1.83. The maximum Gasteiger partial charge on any atom is 0.295 e. The number of carbonyl (C=O) groups excluding carboxylic acids is 2. The fourth-order valence-corrected chi connectivity index (χ4v) is 4.36. The molecule has 1 unspecified atom stereocenters. The van der Waals surface area contributed by atoms with Crippen LogP contribution in [0.5, 0.6) is 23.0 Å². The van der Waals surface area contributed by atoms with Gasteiger partial charge in [0.2, 0.25) is 0 Å². The average Bonchev–Trinajstić information content (AvgIpc) is 3.18. The number of methoxy groups -OCH3 is 2. The number of rotatable bonds is 10. The summed E-state index contributed by atoms with van der Waals surface area (Å²) in [6.07, 6.45) is -0.0473. The predicted molar refractivity (Wildman–Crippen MR) is 143 cm³/mol. The number of ether oxygens (including phenoxy) is 4. The largest absolute Gasteiger partial charge is 0.507 e. The van der Waals surface area contributed by atoms with E-state index in [-0.39, 0.29) is 36.2 Å². The number of hydrogen-bond donors (Lipinski definition) is 1. The number of Topliss-reactive ketones (excluding diaryl/α,β-unsaturated/α-hetero) is 1. The molecular formula is C30H31NO7. The molecule has 8 heteroatoms. The monoisotopic (exact) mass is 517 g/mol. The highest BCUT2D eigenvalue weighted by Gasteiger charge is 2.46. The van der Waals surface area contributed by atoms with Gasteiger partial charge in [0.25, 0.3) is 11.7 Å². The van der Waals surface area contributed by atoms with Gasteiger partial charge in [0.1, 0.15) is 28.8 Å². The van der Waals surface area contributed by atoms with Crippen LogP contribution < -0.4 is 14.2 Å². The summed E-state index contributed by atoms with van der Waals surface area (Å²) in [4.78, 5) is 28.1. The van der Waals surface area contributed by atoms with Gasteiger partial charge in [-0.3, -0.25) is 9.59 Å². The van der Waals surface area contributed by atoms with Crippen LogP contribution in [0.4, 0.5) is 0 Å². The van der Waals surface area contributed by atoms with E-state index in [9.17, 15) is 14.7 Å². The van der Waals surface area contributed by atoms with E-state index >= 15 is 0 Å². The Bertz CT molecular complexity index is 1330. The predicted octanol–water partition coefficient (Wildman–Crippen LogP) is 5.34. The van der Waals surface area contributed by atoms with Gasteiger partial charge in [0, 0.05) is 6.54 Å². The van der Waals surface area contributed by atoms with E-state index in [4.69, 9.17) is 18.9 Å². The SMILES string of the molecule is COc1ccc(OC)c(/C(O)=C2\C(=O)C(=O)N(CCOC(C)C)C2c2cccc(Oc3ccccc3)c2)c1. The van der Waals surface area contributed by atoms with E-state index in [0.29, 0.717) is 28.6 Å². The molecule has 0 bridgehead atoms. The van der Waals surface area contributed by atoms with Crippen molar-refractivity contribution in [3.8, 4) is 23.0 Å². The van der Waals surface area contributed by atoms with Crippen LogP contribution in [0.1, 0.15) is 31.0 Å². The van der Waals surface area contributed by atoms with Crippen molar-refractivity contribution < 1.29 is 33.6 Å². The molecule has 1 fully saturated rings. The third-order valence-electron chi connectivity index (χ3n) is 6.14. The number of nitrogens with zero attached hydrogens (tertiary/aromatic N) is 1. The van der Waals surface area contributed by atoms with Gasteiger partial charge in [-0.15, -0.1) is 0 Å². The number of aliphatic hydroxyl groups excluding tert-OH is 1. The van der Waals surface area contributed by atoms with Crippen LogP contribution in [0.25, 0.3) is 5.76 Å². The molecule has 1 amide bonds. The Kier molecular flexibility index (Phi) is 8.33. The molecule has 198 valence electrons. The van der Waals surface area contributed by atoms with E-state index in [1.54, 1.807) is 42.5 Å². The topological polar surface area (TPSA) is 94.5 Å². The number of carbonyl (C=O) groups is 2. The van der Waals surface area contributed by atoms with Gasteiger partial charge in [-0.05, 0) is 61.9 Å². The van der Waals surface area contributed by atoms with Crippen LogP contribution >= 0.6 is 0 Å². The van der Waals surface area contributed by atoms with Crippen LogP contribution in [0, 0.1) is 0 Å². The highest BCUT2D eigenvalue weighted by molar-refractivity contribution is 6.46. The maximum atomic E-state index is 13.4. The number of para-hydroxylation sites is 1. The van der Waals surface area contributed by atoms with Crippen molar-refractivity contribution in [1.29, 1.82) is 0 Å². The molecule has 1 atom stereocenters. The molecule has 3 aromatic carbocycles. The zero-order valence-corrected chi connectivity index (χ0v) is 21.8. The van der Waals surface area contributed by atoms with Crippen molar-refractivity contribution in [3.63, 3.8) is 0 Å². The van der Waals surface area contributed by atoms with Crippen LogP contribution in [0.2, 0.25) is 0 Å². The fourth-order valence-electron chi connectivity index (χ4n) is 4.36. The minimum Gasteiger partial charge on any atom is -0.507 e. The van der Waals surface area contributed by atoms with Crippen LogP contribution in [0.15, 0.2) is 78.4 Å². The first-order chi connectivity index (χ1) is 18.3. The van der Waals surface area contributed by atoms with Gasteiger partial charge in [-0.2, -0.15) is 0 Å². The summed E-state index contributed by atoms with van der Waals surface area (Å²) in [7, 11) is 2.96. The lowest BCUT2D eigenvalue weighted by Gasteiger charge is -2.26. The van der Waals surface area contributed by atoms with Crippen LogP contribution in [-0.2, 0) is 14.3 Å². The lowest BCUT2D eigenvalue weighted by atomic mass is 9.94. The molecule has 0 aromatic heterocycles. The fraction of sp³-hybridized carbons (Fsp3) is 0.267. The van der Waals surface area contributed by atoms with Gasteiger partial charge in [0.05, 0.1) is 44.1 Å². The summed E-state index contributed by atoms with van der Waals surface area (Å²) >= 11 is 0. The van der Waals surface area contributed by atoms with Gasteiger partial charge >= 0.3 is 0 Å². The summed E-state index contributed by atoms with van der Waals surface area (Å²) in [6.45, 7) is 4.17. The van der Waals surface area contributed by atoms with E-state index in [0.717, 1.165) is 0 Å². The van der Waals surface area contributed by atoms with Crippen molar-refractivity contribution in [2.45, 2.75) is 26.0 Å². The first kappa shape index (κ1) is 26.8. The van der Waals surface area contributed by atoms with Crippen LogP contribution in [-0.4, -0.2) is 55.2 Å². The molecule has 0 radical (unpaired) electrons. The molecule has 1 saturated heterocycles. The molecule has 0 spiro atoms. The Morgan fingerprint density at radius 1 is 0.895 bits per heavy atom. The number of aliphatic hydroxyl groups is 1. The zero-order valence-electron chi connectivity index (χ0n) is 21.8. The third-order valence-corrected chi connectivity index (χ3v) is 6.14. The molecule has 8 nitrogen and oxygen atoms in total. The summed E-state index contributed by atoms with van der Waals surface area (Å²) in [5, 5.41) is 11.5. The van der Waals surface area contributed by atoms with E-state index in [1.165, 1.54) is 19.1 Å². The van der Waals surface area contributed by atoms with E-state index in [2.05, 4.69) is 0 Å². The zero-order chi connectivity index (χ0) is 27.2. The van der Waals surface area contributed by atoms with Crippen molar-refractivity contribution in [3.05, 3.63) is 89.5 Å². The standard InChI is InChI=1S/C30H31NO7/c1-19(2)37-16-15-31-27(20-9-8-12-23(17-20)38-21-10-6-5-7-11-21)26(29(33)30(31)34)28(32)24-18-22(35-3)13-14-25(24)36-4/h5-14,17-19,27,32H,15-16H2,1-4H3/b28-26+. The summed E-state index contributed by atoms with van der Waals surface area (Å²) < 4.78 is 22.4. The van der Waals surface area contributed by atoms with Crippen molar-refractivity contribution in [2.75, 3.05) is 27.4 Å². The van der Waals surface area contributed by atoms with E-state index < -0.39 is 17.7 Å². The number of likely N-dealkylation sites (tertiary alicyclic amines) is 1. The highest BCUT2D eigenvalue weighted by atomic mass is 16.5. The Morgan fingerprint density at radius 3 is 2.32 bits per heavy atom. The minimum atomic E-state index is -0.874.